The first-order valence-electron chi connectivity index (χ1n) is 5.02. The molecule has 0 rings (SSSR count). The predicted molar refractivity (Wildman–Crippen MR) is 53.9 cm³/mol. The fourth-order valence-corrected chi connectivity index (χ4v) is 1.16. The van der Waals surface area contributed by atoms with E-state index in [0.717, 1.165) is 12.8 Å². The molecule has 0 saturated heterocycles. The first-order chi connectivity index (χ1) is 5.48. The summed E-state index contributed by atoms with van der Waals surface area (Å²) in [7, 11) is 0. The normalized spacial score (nSPS) is 14.8. The molecule has 1 atom stereocenters. The van der Waals surface area contributed by atoms with Crippen molar-refractivity contribution in [1.82, 2.24) is 0 Å². The maximum atomic E-state index is 9.62. The molecule has 1 nitrogen and oxygen atoms in total. The Morgan fingerprint density at radius 3 is 2.25 bits per heavy atom. The van der Waals surface area contributed by atoms with Gasteiger partial charge in [-0.25, -0.2) is 0 Å². The molecule has 0 aliphatic rings. The zero-order valence-corrected chi connectivity index (χ0v) is 8.77. The molecular formula is C11H23O. The van der Waals surface area contributed by atoms with Crippen LogP contribution in [0.25, 0.3) is 0 Å². The van der Waals surface area contributed by atoms with Crippen molar-refractivity contribution in [3.63, 3.8) is 0 Å². The zero-order valence-electron chi connectivity index (χ0n) is 8.77. The van der Waals surface area contributed by atoms with E-state index < -0.39 is 0 Å². The van der Waals surface area contributed by atoms with Gasteiger partial charge in [-0.05, 0) is 18.8 Å². The van der Waals surface area contributed by atoms with Crippen LogP contribution in [0.4, 0.5) is 0 Å². The third-order valence-corrected chi connectivity index (χ3v) is 2.23. The minimum atomic E-state index is -0.241. The molecule has 0 aliphatic heterocycles. The van der Waals surface area contributed by atoms with E-state index in [0.29, 0.717) is 0 Å². The summed E-state index contributed by atoms with van der Waals surface area (Å²) in [5.74, 6) is 0. The summed E-state index contributed by atoms with van der Waals surface area (Å²) in [5.41, 5.74) is -0.188. The number of aliphatic hydroxyl groups is 1. The van der Waals surface area contributed by atoms with Gasteiger partial charge in [0.15, 0.2) is 0 Å². The van der Waals surface area contributed by atoms with Crippen LogP contribution in [0, 0.1) is 12.3 Å². The lowest BCUT2D eigenvalue weighted by Gasteiger charge is -2.25. The van der Waals surface area contributed by atoms with Gasteiger partial charge >= 0.3 is 0 Å². The van der Waals surface area contributed by atoms with E-state index in [-0.39, 0.29) is 11.5 Å². The molecular weight excluding hydrogens is 148 g/mol. The molecule has 0 fully saturated rings. The molecule has 0 bridgehead atoms. The number of unbranched alkanes of at least 4 members (excludes halogenated alkanes) is 3. The summed E-state index contributed by atoms with van der Waals surface area (Å²) in [6, 6.07) is 0. The van der Waals surface area contributed by atoms with E-state index in [2.05, 4.69) is 13.8 Å². The van der Waals surface area contributed by atoms with Crippen molar-refractivity contribution < 1.29 is 5.11 Å². The van der Waals surface area contributed by atoms with Crippen LogP contribution in [0.5, 0.6) is 0 Å². The van der Waals surface area contributed by atoms with E-state index in [9.17, 15) is 5.11 Å². The highest BCUT2D eigenvalue weighted by Gasteiger charge is 2.20. The van der Waals surface area contributed by atoms with E-state index in [1.807, 2.05) is 13.8 Å². The molecule has 1 heteroatoms. The van der Waals surface area contributed by atoms with Crippen molar-refractivity contribution >= 4 is 0 Å². The van der Waals surface area contributed by atoms with Crippen LogP contribution in [0.15, 0.2) is 0 Å². The first kappa shape index (κ1) is 12.0. The summed E-state index contributed by atoms with van der Waals surface area (Å²) in [6.45, 7) is 10.1. The Bertz CT molecular complexity index is 102. The molecule has 0 amide bonds. The summed E-state index contributed by atoms with van der Waals surface area (Å²) >= 11 is 0. The lowest BCUT2D eigenvalue weighted by atomic mass is 9.86. The van der Waals surface area contributed by atoms with E-state index >= 15 is 0 Å². The van der Waals surface area contributed by atoms with E-state index in [1.54, 1.807) is 0 Å². The van der Waals surface area contributed by atoms with Crippen molar-refractivity contribution in [2.45, 2.75) is 59.0 Å². The fraction of sp³-hybridized carbons (Fsp3) is 0.909. The SMILES string of the molecule is [CH2]C(C)(C)C(O)CCCCCC. The van der Waals surface area contributed by atoms with Gasteiger partial charge in [-0.15, -0.1) is 0 Å². The average molecular weight is 171 g/mol. The molecule has 0 spiro atoms. The molecule has 0 aromatic carbocycles. The topological polar surface area (TPSA) is 20.2 Å². The Labute approximate surface area is 77.2 Å². The largest absolute Gasteiger partial charge is 0.393 e. The molecule has 1 N–H and O–H groups in total. The van der Waals surface area contributed by atoms with Gasteiger partial charge in [0.25, 0.3) is 0 Å². The molecule has 0 heterocycles. The molecule has 0 saturated carbocycles. The smallest absolute Gasteiger partial charge is 0.0591 e. The molecule has 0 aromatic heterocycles. The highest BCUT2D eigenvalue weighted by Crippen LogP contribution is 2.22. The molecule has 1 unspecified atom stereocenters. The van der Waals surface area contributed by atoms with Crippen LogP contribution in [0.2, 0.25) is 0 Å². The Hall–Kier alpha value is -0.0400. The van der Waals surface area contributed by atoms with Gasteiger partial charge in [0.05, 0.1) is 6.10 Å². The second kappa shape index (κ2) is 5.58. The van der Waals surface area contributed by atoms with Crippen LogP contribution in [-0.4, -0.2) is 11.2 Å². The lowest BCUT2D eigenvalue weighted by Crippen LogP contribution is -2.25. The maximum absolute atomic E-state index is 9.62. The summed E-state index contributed by atoms with van der Waals surface area (Å²) in [6.07, 6.45) is 5.57. The van der Waals surface area contributed by atoms with Crippen LogP contribution in [-0.2, 0) is 0 Å². The van der Waals surface area contributed by atoms with Gasteiger partial charge in [-0.2, -0.15) is 0 Å². The maximum Gasteiger partial charge on any atom is 0.0591 e. The third kappa shape index (κ3) is 5.59. The quantitative estimate of drug-likeness (QED) is 0.609. The van der Waals surface area contributed by atoms with Crippen molar-refractivity contribution in [3.05, 3.63) is 6.92 Å². The number of aliphatic hydroxyl groups excluding tert-OH is 1. The Kier molecular flexibility index (Phi) is 5.56. The third-order valence-electron chi connectivity index (χ3n) is 2.23. The fourth-order valence-electron chi connectivity index (χ4n) is 1.16. The second-order valence-electron chi connectivity index (χ2n) is 4.35. The molecule has 1 radical (unpaired) electrons. The minimum absolute atomic E-state index is 0.188. The summed E-state index contributed by atoms with van der Waals surface area (Å²) in [4.78, 5) is 0. The molecule has 0 aliphatic carbocycles. The van der Waals surface area contributed by atoms with Crippen molar-refractivity contribution in [1.29, 1.82) is 0 Å². The van der Waals surface area contributed by atoms with E-state index in [1.165, 1.54) is 19.3 Å². The first-order valence-corrected chi connectivity index (χ1v) is 5.02. The molecule has 0 aromatic rings. The molecule has 73 valence electrons. The predicted octanol–water partition coefficient (Wildman–Crippen LogP) is 3.18. The van der Waals surface area contributed by atoms with Crippen LogP contribution in [0.3, 0.4) is 0 Å². The van der Waals surface area contributed by atoms with E-state index in [4.69, 9.17) is 0 Å². The van der Waals surface area contributed by atoms with Crippen LogP contribution < -0.4 is 0 Å². The summed E-state index contributed by atoms with van der Waals surface area (Å²) < 4.78 is 0. The van der Waals surface area contributed by atoms with Crippen molar-refractivity contribution in [2.75, 3.05) is 0 Å². The average Bonchev–Trinajstić information content (AvgIpc) is 1.96. The highest BCUT2D eigenvalue weighted by molar-refractivity contribution is 4.79. The molecule has 12 heavy (non-hydrogen) atoms. The van der Waals surface area contributed by atoms with Crippen LogP contribution in [0.1, 0.15) is 52.9 Å². The number of hydrogen-bond donors (Lipinski definition) is 1. The van der Waals surface area contributed by atoms with Crippen LogP contribution >= 0.6 is 0 Å². The second-order valence-corrected chi connectivity index (χ2v) is 4.35. The lowest BCUT2D eigenvalue weighted by molar-refractivity contribution is 0.0696. The Morgan fingerprint density at radius 1 is 1.25 bits per heavy atom. The summed E-state index contributed by atoms with van der Waals surface area (Å²) in [5, 5.41) is 9.62. The van der Waals surface area contributed by atoms with Gasteiger partial charge in [-0.3, -0.25) is 0 Å². The van der Waals surface area contributed by atoms with Crippen molar-refractivity contribution in [2.24, 2.45) is 5.41 Å². The monoisotopic (exact) mass is 171 g/mol. The standard InChI is InChI=1S/C11H23O/c1-5-6-7-8-9-10(12)11(2,3)4/h10,12H,2,5-9H2,1,3-4H3. The number of rotatable bonds is 6. The Balaban J connectivity index is 3.38. The van der Waals surface area contributed by atoms with Gasteiger partial charge in [0.2, 0.25) is 0 Å². The van der Waals surface area contributed by atoms with Gasteiger partial charge in [0.1, 0.15) is 0 Å². The number of hydrogen-bond acceptors (Lipinski definition) is 1. The van der Waals surface area contributed by atoms with Gasteiger partial charge in [0, 0.05) is 0 Å². The Morgan fingerprint density at radius 2 is 1.83 bits per heavy atom. The van der Waals surface area contributed by atoms with Gasteiger partial charge in [-0.1, -0.05) is 46.5 Å². The van der Waals surface area contributed by atoms with Crippen molar-refractivity contribution in [3.8, 4) is 0 Å². The minimum Gasteiger partial charge on any atom is -0.393 e. The highest BCUT2D eigenvalue weighted by atomic mass is 16.3. The zero-order chi connectivity index (χ0) is 9.61. The van der Waals surface area contributed by atoms with Gasteiger partial charge < -0.3 is 5.11 Å².